The van der Waals surface area contributed by atoms with Gasteiger partial charge in [0.25, 0.3) is 10.0 Å². The van der Waals surface area contributed by atoms with Crippen molar-refractivity contribution in [1.82, 2.24) is 0 Å². The lowest BCUT2D eigenvalue weighted by molar-refractivity contribution is 0.285. The van der Waals surface area contributed by atoms with Gasteiger partial charge in [-0.1, -0.05) is 11.6 Å². The summed E-state index contributed by atoms with van der Waals surface area (Å²) in [5.74, 6) is 0. The SMILES string of the molecule is Cc1cc(S(=O)(=O)Nc2ccc(Cl)cc2)sc1CO. The molecule has 0 bridgehead atoms. The maximum atomic E-state index is 12.2. The van der Waals surface area contributed by atoms with Gasteiger partial charge in [0.05, 0.1) is 6.61 Å². The van der Waals surface area contributed by atoms with E-state index in [2.05, 4.69) is 4.72 Å². The molecule has 0 saturated carbocycles. The van der Waals surface area contributed by atoms with Crippen LogP contribution in [0.1, 0.15) is 10.4 Å². The number of hydrogen-bond acceptors (Lipinski definition) is 4. The first-order valence-electron chi connectivity index (χ1n) is 5.41. The summed E-state index contributed by atoms with van der Waals surface area (Å²) in [6, 6.07) is 7.95. The van der Waals surface area contributed by atoms with E-state index in [1.165, 1.54) is 0 Å². The highest BCUT2D eigenvalue weighted by atomic mass is 35.5. The second-order valence-electron chi connectivity index (χ2n) is 3.94. The molecule has 0 aliphatic rings. The fraction of sp³-hybridized carbons (Fsp3) is 0.167. The average molecular weight is 318 g/mol. The lowest BCUT2D eigenvalue weighted by Crippen LogP contribution is -2.11. The molecule has 0 atom stereocenters. The quantitative estimate of drug-likeness (QED) is 0.911. The van der Waals surface area contributed by atoms with Gasteiger partial charge >= 0.3 is 0 Å². The smallest absolute Gasteiger partial charge is 0.271 e. The molecule has 1 aromatic carbocycles. The Balaban J connectivity index is 2.29. The van der Waals surface area contributed by atoms with Crippen molar-refractivity contribution in [2.75, 3.05) is 4.72 Å². The summed E-state index contributed by atoms with van der Waals surface area (Å²) in [6.07, 6.45) is 0. The predicted molar refractivity (Wildman–Crippen MR) is 77.2 cm³/mol. The predicted octanol–water partition coefficient (Wildman–Crippen LogP) is 3.00. The molecule has 0 unspecified atom stereocenters. The van der Waals surface area contributed by atoms with Gasteiger partial charge in [0.1, 0.15) is 4.21 Å². The zero-order valence-electron chi connectivity index (χ0n) is 10.1. The molecule has 2 rings (SSSR count). The van der Waals surface area contributed by atoms with Crippen molar-refractivity contribution in [2.24, 2.45) is 0 Å². The van der Waals surface area contributed by atoms with Crippen molar-refractivity contribution >= 4 is 38.6 Å². The molecule has 0 saturated heterocycles. The van der Waals surface area contributed by atoms with E-state index < -0.39 is 10.0 Å². The number of halogens is 1. The van der Waals surface area contributed by atoms with Crippen molar-refractivity contribution in [1.29, 1.82) is 0 Å². The molecular formula is C12H12ClNO3S2. The van der Waals surface area contributed by atoms with E-state index in [1.54, 1.807) is 37.3 Å². The Labute approximate surface area is 120 Å². The first kappa shape index (κ1) is 14.3. The fourth-order valence-electron chi connectivity index (χ4n) is 1.50. The number of sulfonamides is 1. The van der Waals surface area contributed by atoms with Gasteiger partial charge in [-0.25, -0.2) is 8.42 Å². The summed E-state index contributed by atoms with van der Waals surface area (Å²) >= 11 is 6.80. The Bertz CT molecular complexity index is 678. The number of aliphatic hydroxyl groups excluding tert-OH is 1. The molecule has 7 heteroatoms. The maximum absolute atomic E-state index is 12.2. The molecule has 2 N–H and O–H groups in total. The van der Waals surface area contributed by atoms with Crippen molar-refractivity contribution in [3.63, 3.8) is 0 Å². The molecular weight excluding hydrogens is 306 g/mol. The fourth-order valence-corrected chi connectivity index (χ4v) is 4.13. The molecule has 0 fully saturated rings. The van der Waals surface area contributed by atoms with Crippen LogP contribution >= 0.6 is 22.9 Å². The molecule has 0 amide bonds. The van der Waals surface area contributed by atoms with Crippen LogP contribution in [0.15, 0.2) is 34.5 Å². The number of rotatable bonds is 4. The van der Waals surface area contributed by atoms with Gasteiger partial charge in [-0.2, -0.15) is 0 Å². The molecule has 1 aromatic heterocycles. The molecule has 0 aliphatic carbocycles. The highest BCUT2D eigenvalue weighted by Gasteiger charge is 2.18. The van der Waals surface area contributed by atoms with Crippen LogP contribution in [0.25, 0.3) is 0 Å². The Morgan fingerprint density at radius 3 is 2.47 bits per heavy atom. The van der Waals surface area contributed by atoms with E-state index in [4.69, 9.17) is 16.7 Å². The van der Waals surface area contributed by atoms with Crippen molar-refractivity contribution < 1.29 is 13.5 Å². The average Bonchev–Trinajstić information content (AvgIpc) is 2.74. The molecule has 1 heterocycles. The van der Waals surface area contributed by atoms with Gasteiger partial charge in [0.2, 0.25) is 0 Å². The molecule has 19 heavy (non-hydrogen) atoms. The minimum absolute atomic E-state index is 0.160. The summed E-state index contributed by atoms with van der Waals surface area (Å²) in [5.41, 5.74) is 1.21. The summed E-state index contributed by atoms with van der Waals surface area (Å²) in [4.78, 5) is 0.650. The van der Waals surface area contributed by atoms with E-state index >= 15 is 0 Å². The van der Waals surface area contributed by atoms with E-state index in [0.29, 0.717) is 15.6 Å². The van der Waals surface area contributed by atoms with Gasteiger partial charge in [-0.15, -0.1) is 11.3 Å². The van der Waals surface area contributed by atoms with Crippen LogP contribution < -0.4 is 4.72 Å². The van der Waals surface area contributed by atoms with Crippen LogP contribution in [-0.4, -0.2) is 13.5 Å². The standard InChI is InChI=1S/C12H12ClNO3S2/c1-8-6-12(18-11(8)7-15)19(16,17)14-10-4-2-9(13)3-5-10/h2-6,14-15H,7H2,1H3. The van der Waals surface area contributed by atoms with Crippen LogP contribution in [0, 0.1) is 6.92 Å². The van der Waals surface area contributed by atoms with E-state index in [1.807, 2.05) is 0 Å². The minimum Gasteiger partial charge on any atom is -0.391 e. The lowest BCUT2D eigenvalue weighted by atomic mass is 10.3. The molecule has 0 spiro atoms. The molecule has 102 valence electrons. The number of thiophene rings is 1. The van der Waals surface area contributed by atoms with E-state index in [-0.39, 0.29) is 10.8 Å². The van der Waals surface area contributed by atoms with Crippen LogP contribution in [0.5, 0.6) is 0 Å². The monoisotopic (exact) mass is 317 g/mol. The van der Waals surface area contributed by atoms with Crippen LogP contribution in [0.3, 0.4) is 0 Å². The number of benzene rings is 1. The highest BCUT2D eigenvalue weighted by Crippen LogP contribution is 2.27. The second kappa shape index (κ2) is 5.50. The van der Waals surface area contributed by atoms with Crippen LogP contribution in [0.4, 0.5) is 5.69 Å². The molecule has 0 aliphatic heterocycles. The number of anilines is 1. The first-order valence-corrected chi connectivity index (χ1v) is 8.08. The van der Waals surface area contributed by atoms with Crippen molar-refractivity contribution in [3.8, 4) is 0 Å². The topological polar surface area (TPSA) is 66.4 Å². The third-order valence-electron chi connectivity index (χ3n) is 2.50. The Morgan fingerprint density at radius 2 is 1.95 bits per heavy atom. The number of aryl methyl sites for hydroxylation is 1. The third-order valence-corrected chi connectivity index (χ3v) is 5.83. The van der Waals surface area contributed by atoms with E-state index in [9.17, 15) is 8.42 Å². The lowest BCUT2D eigenvalue weighted by Gasteiger charge is -2.05. The third kappa shape index (κ3) is 3.27. The number of aliphatic hydroxyl groups is 1. The molecule has 4 nitrogen and oxygen atoms in total. The Kier molecular flexibility index (Phi) is 4.15. The Morgan fingerprint density at radius 1 is 1.32 bits per heavy atom. The summed E-state index contributed by atoms with van der Waals surface area (Å²) in [7, 11) is -3.62. The van der Waals surface area contributed by atoms with Crippen molar-refractivity contribution in [3.05, 3.63) is 45.8 Å². The van der Waals surface area contributed by atoms with Crippen molar-refractivity contribution in [2.45, 2.75) is 17.7 Å². The number of nitrogens with one attached hydrogen (secondary N) is 1. The maximum Gasteiger partial charge on any atom is 0.271 e. The van der Waals surface area contributed by atoms with E-state index in [0.717, 1.165) is 16.9 Å². The second-order valence-corrected chi connectivity index (χ2v) is 7.42. The zero-order valence-corrected chi connectivity index (χ0v) is 12.4. The molecule has 0 radical (unpaired) electrons. The van der Waals surface area contributed by atoms with Crippen LogP contribution in [0.2, 0.25) is 5.02 Å². The summed E-state index contributed by atoms with van der Waals surface area (Å²) < 4.78 is 27.0. The largest absolute Gasteiger partial charge is 0.391 e. The summed E-state index contributed by atoms with van der Waals surface area (Å²) in [6.45, 7) is 1.61. The van der Waals surface area contributed by atoms with Crippen LogP contribution in [-0.2, 0) is 16.6 Å². The summed E-state index contributed by atoms with van der Waals surface area (Å²) in [5, 5.41) is 9.64. The van der Waals surface area contributed by atoms with Gasteiger partial charge in [0.15, 0.2) is 0 Å². The zero-order chi connectivity index (χ0) is 14.0. The van der Waals surface area contributed by atoms with Gasteiger partial charge in [-0.05, 0) is 42.8 Å². The van der Waals surface area contributed by atoms with Gasteiger partial charge in [-0.3, -0.25) is 4.72 Å². The van der Waals surface area contributed by atoms with Gasteiger partial charge in [0, 0.05) is 15.6 Å². The Hall–Kier alpha value is -1.08. The highest BCUT2D eigenvalue weighted by molar-refractivity contribution is 7.94. The first-order chi connectivity index (χ1) is 8.92. The van der Waals surface area contributed by atoms with Gasteiger partial charge < -0.3 is 5.11 Å². The molecule has 2 aromatic rings. The minimum atomic E-state index is -3.62. The number of hydrogen-bond donors (Lipinski definition) is 2. The normalized spacial score (nSPS) is 11.5.